The highest BCUT2D eigenvalue weighted by Crippen LogP contribution is 2.40. The Labute approximate surface area is 226 Å². The van der Waals surface area contributed by atoms with Gasteiger partial charge in [-0.2, -0.15) is 4.99 Å². The first-order valence-corrected chi connectivity index (χ1v) is 14.4. The molecule has 3 heterocycles. The Bertz CT molecular complexity index is 1350. The molecule has 3 aromatic rings. The van der Waals surface area contributed by atoms with Crippen LogP contribution in [0.1, 0.15) is 89.0 Å². The summed E-state index contributed by atoms with van der Waals surface area (Å²) in [7, 11) is 0. The standard InChI is InChI=1S/C27H36N8O2S/c1-14-8-10-19(11-9-14)17(4)35-21-23(30-16(3)18-6-5-7-18)32-25(22(28)31-27(36)37)33-24(21)34-26(35)15(2)20-12-38-13-29-20/h12-16,18-19H,4-11H2,1-3H3,(H2,28,31)(H,36,37)(H,30,32,33). The van der Waals surface area contributed by atoms with Gasteiger partial charge in [0.15, 0.2) is 23.1 Å². The molecular weight excluding hydrogens is 500 g/mol. The van der Waals surface area contributed by atoms with E-state index in [4.69, 9.17) is 15.7 Å². The van der Waals surface area contributed by atoms with Crippen LogP contribution in [-0.4, -0.2) is 47.6 Å². The third-order valence-electron chi connectivity index (χ3n) is 8.26. The number of nitrogens with zero attached hydrogens (tertiary/aromatic N) is 6. The summed E-state index contributed by atoms with van der Waals surface area (Å²) in [5.41, 5.74) is 10.9. The fourth-order valence-corrected chi connectivity index (χ4v) is 6.21. The van der Waals surface area contributed by atoms with Crippen molar-refractivity contribution in [2.75, 3.05) is 5.32 Å². The van der Waals surface area contributed by atoms with Gasteiger partial charge in [0, 0.05) is 17.1 Å². The molecule has 0 spiro atoms. The highest BCUT2D eigenvalue weighted by atomic mass is 32.1. The van der Waals surface area contributed by atoms with Crippen molar-refractivity contribution in [1.82, 2.24) is 24.5 Å². The van der Waals surface area contributed by atoms with E-state index >= 15 is 0 Å². The zero-order valence-corrected chi connectivity index (χ0v) is 23.0. The van der Waals surface area contributed by atoms with Crippen molar-refractivity contribution in [3.63, 3.8) is 0 Å². The number of nitrogens with one attached hydrogen (secondary N) is 1. The maximum absolute atomic E-state index is 11.2. The zero-order chi connectivity index (χ0) is 27.0. The van der Waals surface area contributed by atoms with Crippen molar-refractivity contribution in [3.8, 4) is 0 Å². The third-order valence-corrected chi connectivity index (χ3v) is 8.87. The number of allylic oxidation sites excluding steroid dienone is 1. The Hall–Kier alpha value is -3.34. The number of carboxylic acid groups (broad SMARTS) is 1. The van der Waals surface area contributed by atoms with Gasteiger partial charge in [-0.1, -0.05) is 32.8 Å². The minimum atomic E-state index is -1.40. The molecule has 2 atom stereocenters. The van der Waals surface area contributed by atoms with E-state index < -0.39 is 6.09 Å². The van der Waals surface area contributed by atoms with E-state index in [1.165, 1.54) is 19.3 Å². The van der Waals surface area contributed by atoms with E-state index in [0.29, 0.717) is 23.3 Å². The number of amides is 1. The highest BCUT2D eigenvalue weighted by molar-refractivity contribution is 7.07. The van der Waals surface area contributed by atoms with Crippen LogP contribution in [0.25, 0.3) is 16.9 Å². The van der Waals surface area contributed by atoms with Crippen LogP contribution in [-0.2, 0) is 0 Å². The number of rotatable bonds is 8. The number of thiazole rings is 1. The average Bonchev–Trinajstić information content (AvgIpc) is 3.50. The molecule has 2 aliphatic rings. The predicted molar refractivity (Wildman–Crippen MR) is 151 cm³/mol. The molecule has 0 radical (unpaired) electrons. The Morgan fingerprint density at radius 2 is 1.95 bits per heavy atom. The molecule has 0 saturated heterocycles. The van der Waals surface area contributed by atoms with Gasteiger partial charge in [-0.15, -0.1) is 11.3 Å². The number of hydrogen-bond donors (Lipinski definition) is 3. The van der Waals surface area contributed by atoms with E-state index in [9.17, 15) is 9.90 Å². The molecule has 2 aliphatic carbocycles. The summed E-state index contributed by atoms with van der Waals surface area (Å²) in [5, 5.41) is 14.8. The van der Waals surface area contributed by atoms with Gasteiger partial charge in [0.2, 0.25) is 0 Å². The van der Waals surface area contributed by atoms with E-state index in [2.05, 4.69) is 52.2 Å². The number of imidazole rings is 1. The Morgan fingerprint density at radius 1 is 1.21 bits per heavy atom. The molecule has 2 fully saturated rings. The van der Waals surface area contributed by atoms with E-state index in [-0.39, 0.29) is 23.6 Å². The molecule has 0 aromatic carbocycles. The lowest BCUT2D eigenvalue weighted by Crippen LogP contribution is -2.32. The van der Waals surface area contributed by atoms with Crippen molar-refractivity contribution >= 4 is 45.9 Å². The van der Waals surface area contributed by atoms with Crippen molar-refractivity contribution in [2.24, 2.45) is 28.5 Å². The maximum Gasteiger partial charge on any atom is 0.433 e. The Kier molecular flexibility index (Phi) is 7.47. The highest BCUT2D eigenvalue weighted by Gasteiger charge is 2.31. The molecule has 11 heteroatoms. The minimum Gasteiger partial charge on any atom is -0.463 e. The lowest BCUT2D eigenvalue weighted by Gasteiger charge is -2.33. The molecule has 38 heavy (non-hydrogen) atoms. The monoisotopic (exact) mass is 536 g/mol. The molecule has 3 aromatic heterocycles. The van der Waals surface area contributed by atoms with Gasteiger partial charge in [0.1, 0.15) is 11.3 Å². The molecular formula is C27H36N8O2S. The average molecular weight is 537 g/mol. The first kappa shape index (κ1) is 26.3. The Morgan fingerprint density at radius 3 is 2.55 bits per heavy atom. The molecule has 202 valence electrons. The largest absolute Gasteiger partial charge is 0.463 e. The van der Waals surface area contributed by atoms with Crippen LogP contribution in [0.2, 0.25) is 0 Å². The number of anilines is 1. The second kappa shape index (κ2) is 10.8. The first-order chi connectivity index (χ1) is 18.2. The van der Waals surface area contributed by atoms with Crippen LogP contribution in [0.4, 0.5) is 10.6 Å². The van der Waals surface area contributed by atoms with Crippen LogP contribution < -0.4 is 11.1 Å². The van der Waals surface area contributed by atoms with Crippen LogP contribution in [0.5, 0.6) is 0 Å². The number of aromatic nitrogens is 5. The van der Waals surface area contributed by atoms with Crippen LogP contribution in [0.3, 0.4) is 0 Å². The summed E-state index contributed by atoms with van der Waals surface area (Å²) in [6.45, 7) is 11.1. The topological polar surface area (TPSA) is 144 Å². The van der Waals surface area contributed by atoms with Crippen LogP contribution in [0, 0.1) is 17.8 Å². The van der Waals surface area contributed by atoms with E-state index in [0.717, 1.165) is 54.3 Å². The summed E-state index contributed by atoms with van der Waals surface area (Å²) >= 11 is 1.55. The van der Waals surface area contributed by atoms with E-state index in [1.807, 2.05) is 10.9 Å². The first-order valence-electron chi connectivity index (χ1n) is 13.4. The quantitative estimate of drug-likeness (QED) is 0.245. The van der Waals surface area contributed by atoms with Gasteiger partial charge in [-0.3, -0.25) is 4.57 Å². The fourth-order valence-electron chi connectivity index (χ4n) is 5.57. The van der Waals surface area contributed by atoms with Gasteiger partial charge in [-0.25, -0.2) is 24.7 Å². The summed E-state index contributed by atoms with van der Waals surface area (Å²) in [6.07, 6.45) is 6.63. The lowest BCUT2D eigenvalue weighted by molar-refractivity contribution is 0.205. The SMILES string of the molecule is C=C(C1CCC(C)CC1)n1c(C(C)c2cscn2)nc2nc(C(N)=NC(=O)O)nc(NC(C)C3CCC3)c21. The number of amidine groups is 1. The molecule has 1 amide bonds. The molecule has 2 saturated carbocycles. The van der Waals surface area contributed by atoms with Crippen molar-refractivity contribution in [3.05, 3.63) is 34.8 Å². The second-order valence-electron chi connectivity index (χ2n) is 10.9. The maximum atomic E-state index is 11.2. The van der Waals surface area contributed by atoms with E-state index in [1.54, 1.807) is 11.3 Å². The predicted octanol–water partition coefficient (Wildman–Crippen LogP) is 5.72. The summed E-state index contributed by atoms with van der Waals surface area (Å²) in [5.74, 6) is 2.61. The van der Waals surface area contributed by atoms with Crippen molar-refractivity contribution in [1.29, 1.82) is 0 Å². The third kappa shape index (κ3) is 5.16. The van der Waals surface area contributed by atoms with Crippen molar-refractivity contribution in [2.45, 2.75) is 77.7 Å². The summed E-state index contributed by atoms with van der Waals surface area (Å²) in [4.78, 5) is 33.5. The second-order valence-corrected chi connectivity index (χ2v) is 11.6. The number of hydrogen-bond acceptors (Lipinski definition) is 7. The zero-order valence-electron chi connectivity index (χ0n) is 22.2. The van der Waals surface area contributed by atoms with Gasteiger partial charge >= 0.3 is 6.09 Å². The molecule has 4 N–H and O–H groups in total. The normalized spacial score (nSPS) is 22.1. The smallest absolute Gasteiger partial charge is 0.433 e. The number of carbonyl (C=O) groups is 1. The Balaban J connectivity index is 1.69. The van der Waals surface area contributed by atoms with Crippen molar-refractivity contribution < 1.29 is 9.90 Å². The molecule has 0 aliphatic heterocycles. The van der Waals surface area contributed by atoms with Gasteiger partial charge in [0.05, 0.1) is 17.1 Å². The number of aliphatic imine (C=N–C) groups is 1. The lowest BCUT2D eigenvalue weighted by atomic mass is 9.80. The van der Waals surface area contributed by atoms with Gasteiger partial charge in [-0.05, 0) is 57.3 Å². The summed E-state index contributed by atoms with van der Waals surface area (Å²) < 4.78 is 2.13. The summed E-state index contributed by atoms with van der Waals surface area (Å²) in [6, 6.07) is 0.166. The number of nitrogens with two attached hydrogens (primary N) is 1. The number of fused-ring (bicyclic) bond motifs is 1. The molecule has 0 bridgehead atoms. The van der Waals surface area contributed by atoms with Crippen LogP contribution in [0.15, 0.2) is 22.5 Å². The van der Waals surface area contributed by atoms with Gasteiger partial charge in [0.25, 0.3) is 0 Å². The molecule has 5 rings (SSSR count). The molecule has 10 nitrogen and oxygen atoms in total. The minimum absolute atomic E-state index is 0.0397. The van der Waals surface area contributed by atoms with Crippen LogP contribution >= 0.6 is 11.3 Å². The molecule has 2 unspecified atom stereocenters. The van der Waals surface area contributed by atoms with Gasteiger partial charge < -0.3 is 16.2 Å². The fraction of sp³-hybridized carbons (Fsp3) is 0.556.